The van der Waals surface area contributed by atoms with Gasteiger partial charge in [0.1, 0.15) is 5.82 Å². The number of hydrogen-bond acceptors (Lipinski definition) is 3. The summed E-state index contributed by atoms with van der Waals surface area (Å²) in [5.74, 6) is -1.70. The molecule has 0 heterocycles. The second-order valence-corrected chi connectivity index (χ2v) is 3.89. The molecule has 0 bridgehead atoms. The summed E-state index contributed by atoms with van der Waals surface area (Å²) in [5, 5.41) is 0. The van der Waals surface area contributed by atoms with E-state index in [4.69, 9.17) is 5.73 Å². The molecule has 0 saturated heterocycles. The molecule has 1 aromatic rings. The van der Waals surface area contributed by atoms with Crippen LogP contribution in [-0.4, -0.2) is 12.6 Å². The van der Waals surface area contributed by atoms with Gasteiger partial charge >= 0.3 is 12.1 Å². The minimum atomic E-state index is -4.67. The van der Waals surface area contributed by atoms with Crippen LogP contribution in [0.1, 0.15) is 30.5 Å². The van der Waals surface area contributed by atoms with Crippen LogP contribution in [0.15, 0.2) is 18.2 Å². The molecule has 0 saturated carbocycles. The minimum Gasteiger partial charge on any atom is -0.466 e. The van der Waals surface area contributed by atoms with E-state index in [1.165, 1.54) is 0 Å². The molecule has 19 heavy (non-hydrogen) atoms. The highest BCUT2D eigenvalue weighted by Gasteiger charge is 2.32. The standard InChI is InChI=1S/C12H13F4NO2/c1-2-19-11(18)6-10(17)7-3-8(12(14,15)16)5-9(13)4-7/h3-5,10H,2,6,17H2,1H3/t10-/m0/s1. The molecule has 0 aliphatic rings. The van der Waals surface area contributed by atoms with Crippen molar-refractivity contribution in [2.24, 2.45) is 5.73 Å². The largest absolute Gasteiger partial charge is 0.466 e. The summed E-state index contributed by atoms with van der Waals surface area (Å²) in [6.07, 6.45) is -4.98. The SMILES string of the molecule is CCOC(=O)C[C@H](N)c1cc(F)cc(C(F)(F)F)c1. The molecule has 0 amide bonds. The average molecular weight is 279 g/mol. The number of esters is 1. The Bertz CT molecular complexity index is 460. The number of rotatable bonds is 4. The van der Waals surface area contributed by atoms with E-state index in [1.54, 1.807) is 6.92 Å². The first kappa shape index (κ1) is 15.4. The van der Waals surface area contributed by atoms with Gasteiger partial charge in [-0.1, -0.05) is 0 Å². The first-order valence-electron chi connectivity index (χ1n) is 5.53. The molecule has 0 radical (unpaired) electrons. The number of carbonyl (C=O) groups is 1. The van der Waals surface area contributed by atoms with E-state index in [-0.39, 0.29) is 18.6 Å². The smallest absolute Gasteiger partial charge is 0.416 e. The molecule has 3 nitrogen and oxygen atoms in total. The minimum absolute atomic E-state index is 0.0969. The quantitative estimate of drug-likeness (QED) is 0.681. The van der Waals surface area contributed by atoms with Crippen molar-refractivity contribution in [2.45, 2.75) is 25.6 Å². The third-order valence-corrected chi connectivity index (χ3v) is 2.37. The van der Waals surface area contributed by atoms with Gasteiger partial charge in [-0.2, -0.15) is 13.2 Å². The lowest BCUT2D eigenvalue weighted by Gasteiger charge is -2.14. The second-order valence-electron chi connectivity index (χ2n) is 3.89. The first-order chi connectivity index (χ1) is 8.74. The second kappa shape index (κ2) is 6.01. The molecule has 0 unspecified atom stereocenters. The Balaban J connectivity index is 2.94. The molecule has 0 fully saturated rings. The fourth-order valence-electron chi connectivity index (χ4n) is 1.51. The predicted molar refractivity (Wildman–Crippen MR) is 59.6 cm³/mol. The molecule has 0 aliphatic carbocycles. The van der Waals surface area contributed by atoms with Crippen molar-refractivity contribution < 1.29 is 27.1 Å². The van der Waals surface area contributed by atoms with Crippen LogP contribution in [-0.2, 0) is 15.7 Å². The molecule has 2 N–H and O–H groups in total. The normalized spacial score (nSPS) is 13.2. The lowest BCUT2D eigenvalue weighted by Crippen LogP contribution is -2.18. The molecule has 1 atom stereocenters. The van der Waals surface area contributed by atoms with Crippen LogP contribution in [0.4, 0.5) is 17.6 Å². The van der Waals surface area contributed by atoms with Crippen molar-refractivity contribution in [3.8, 4) is 0 Å². The average Bonchev–Trinajstić information content (AvgIpc) is 2.27. The summed E-state index contributed by atoms with van der Waals surface area (Å²) in [5.41, 5.74) is 4.34. The van der Waals surface area contributed by atoms with E-state index >= 15 is 0 Å². The summed E-state index contributed by atoms with van der Waals surface area (Å²) >= 11 is 0. The van der Waals surface area contributed by atoms with Gasteiger partial charge < -0.3 is 10.5 Å². The Labute approximate surface area is 107 Å². The van der Waals surface area contributed by atoms with Gasteiger partial charge in [-0.25, -0.2) is 4.39 Å². The molecule has 7 heteroatoms. The maximum atomic E-state index is 13.1. The van der Waals surface area contributed by atoms with E-state index < -0.39 is 29.6 Å². The molecule has 0 spiro atoms. The highest BCUT2D eigenvalue weighted by atomic mass is 19.4. The predicted octanol–water partition coefficient (Wildman–Crippen LogP) is 2.80. The lowest BCUT2D eigenvalue weighted by molar-refractivity contribution is -0.143. The van der Waals surface area contributed by atoms with Crippen LogP contribution in [0.3, 0.4) is 0 Å². The van der Waals surface area contributed by atoms with Crippen LogP contribution in [0.5, 0.6) is 0 Å². The maximum Gasteiger partial charge on any atom is 0.416 e. The first-order valence-corrected chi connectivity index (χ1v) is 5.53. The fourth-order valence-corrected chi connectivity index (χ4v) is 1.51. The molecule has 0 aliphatic heterocycles. The Morgan fingerprint density at radius 3 is 2.53 bits per heavy atom. The Morgan fingerprint density at radius 1 is 1.37 bits per heavy atom. The Hall–Kier alpha value is -1.63. The van der Waals surface area contributed by atoms with Gasteiger partial charge in [0.2, 0.25) is 0 Å². The number of hydrogen-bond donors (Lipinski definition) is 1. The number of halogens is 4. The Morgan fingerprint density at radius 2 is 2.00 bits per heavy atom. The molecule has 0 aromatic heterocycles. The van der Waals surface area contributed by atoms with Crippen LogP contribution in [0, 0.1) is 5.82 Å². The third-order valence-electron chi connectivity index (χ3n) is 2.37. The third kappa shape index (κ3) is 4.51. The highest BCUT2D eigenvalue weighted by molar-refractivity contribution is 5.70. The van der Waals surface area contributed by atoms with Crippen LogP contribution in [0.25, 0.3) is 0 Å². The van der Waals surface area contributed by atoms with Crippen molar-refractivity contribution in [1.29, 1.82) is 0 Å². The monoisotopic (exact) mass is 279 g/mol. The summed E-state index contributed by atoms with van der Waals surface area (Å²) < 4.78 is 55.2. The number of carbonyl (C=O) groups excluding carboxylic acids is 1. The maximum absolute atomic E-state index is 13.1. The molecule has 1 rings (SSSR count). The number of ether oxygens (including phenoxy) is 1. The van der Waals surface area contributed by atoms with Crippen LogP contribution < -0.4 is 5.73 Å². The van der Waals surface area contributed by atoms with Crippen LogP contribution >= 0.6 is 0 Å². The van der Waals surface area contributed by atoms with Crippen LogP contribution in [0.2, 0.25) is 0 Å². The molecular formula is C12H13F4NO2. The summed E-state index contributed by atoms with van der Waals surface area (Å²) in [7, 11) is 0. The van der Waals surface area contributed by atoms with Crippen molar-refractivity contribution in [2.75, 3.05) is 6.61 Å². The molecule has 1 aromatic carbocycles. The number of nitrogens with two attached hydrogens (primary N) is 1. The zero-order valence-electron chi connectivity index (χ0n) is 10.1. The molecular weight excluding hydrogens is 266 g/mol. The van der Waals surface area contributed by atoms with Crippen molar-refractivity contribution in [3.63, 3.8) is 0 Å². The highest BCUT2D eigenvalue weighted by Crippen LogP contribution is 2.31. The number of alkyl halides is 3. The summed E-state index contributed by atoms with van der Waals surface area (Å²) in [6.45, 7) is 1.73. The lowest BCUT2D eigenvalue weighted by atomic mass is 10.0. The van der Waals surface area contributed by atoms with Gasteiger partial charge in [-0.15, -0.1) is 0 Å². The van der Waals surface area contributed by atoms with Gasteiger partial charge in [-0.05, 0) is 30.7 Å². The van der Waals surface area contributed by atoms with Crippen molar-refractivity contribution >= 4 is 5.97 Å². The summed E-state index contributed by atoms with van der Waals surface area (Å²) in [4.78, 5) is 11.2. The van der Waals surface area contributed by atoms with E-state index in [0.717, 1.165) is 12.1 Å². The van der Waals surface area contributed by atoms with Gasteiger partial charge in [-0.3, -0.25) is 4.79 Å². The van der Waals surface area contributed by atoms with E-state index in [2.05, 4.69) is 4.74 Å². The van der Waals surface area contributed by atoms with Crippen molar-refractivity contribution in [3.05, 3.63) is 35.1 Å². The fraction of sp³-hybridized carbons (Fsp3) is 0.417. The summed E-state index contributed by atoms with van der Waals surface area (Å²) in [6, 6.07) is 0.933. The van der Waals surface area contributed by atoms with Crippen molar-refractivity contribution in [1.82, 2.24) is 0 Å². The van der Waals surface area contributed by atoms with E-state index in [9.17, 15) is 22.4 Å². The van der Waals surface area contributed by atoms with Gasteiger partial charge in [0.15, 0.2) is 0 Å². The zero-order valence-corrected chi connectivity index (χ0v) is 10.1. The zero-order chi connectivity index (χ0) is 14.6. The van der Waals surface area contributed by atoms with E-state index in [0.29, 0.717) is 6.07 Å². The van der Waals surface area contributed by atoms with E-state index in [1.807, 2.05) is 0 Å². The van der Waals surface area contributed by atoms with Gasteiger partial charge in [0, 0.05) is 6.04 Å². The Kier molecular flexibility index (Phi) is 4.88. The molecule has 106 valence electrons. The van der Waals surface area contributed by atoms with Gasteiger partial charge in [0.25, 0.3) is 0 Å². The number of benzene rings is 1. The topological polar surface area (TPSA) is 52.3 Å². The van der Waals surface area contributed by atoms with Gasteiger partial charge in [0.05, 0.1) is 18.6 Å².